The second-order valence-electron chi connectivity index (χ2n) is 5.06. The van der Waals surface area contributed by atoms with Gasteiger partial charge in [0.1, 0.15) is 0 Å². The van der Waals surface area contributed by atoms with Gasteiger partial charge in [0.25, 0.3) is 5.91 Å². The lowest BCUT2D eigenvalue weighted by Crippen LogP contribution is -2.45. The van der Waals surface area contributed by atoms with Crippen LogP contribution in [0, 0.1) is 0 Å². The van der Waals surface area contributed by atoms with Crippen molar-refractivity contribution in [3.05, 3.63) is 34.9 Å². The second kappa shape index (κ2) is 7.62. The zero-order valence-corrected chi connectivity index (χ0v) is 12.5. The van der Waals surface area contributed by atoms with E-state index in [1.54, 1.807) is 19.2 Å². The molecule has 0 aliphatic carbocycles. The number of hydrogen-bond donors (Lipinski definition) is 1. The Bertz CT molecular complexity index is 445. The first kappa shape index (κ1) is 15.3. The molecule has 1 N–H and O–H groups in total. The summed E-state index contributed by atoms with van der Waals surface area (Å²) in [7, 11) is 1.72. The van der Waals surface area contributed by atoms with E-state index in [9.17, 15) is 4.79 Å². The van der Waals surface area contributed by atoms with Gasteiger partial charge in [-0.25, -0.2) is 0 Å². The molecule has 0 aromatic heterocycles. The Morgan fingerprint density at radius 2 is 2.10 bits per heavy atom. The van der Waals surface area contributed by atoms with Gasteiger partial charge >= 0.3 is 0 Å². The molecule has 0 radical (unpaired) electrons. The Balaban J connectivity index is 1.81. The van der Waals surface area contributed by atoms with Crippen LogP contribution < -0.4 is 5.32 Å². The van der Waals surface area contributed by atoms with Crippen molar-refractivity contribution in [1.29, 1.82) is 0 Å². The van der Waals surface area contributed by atoms with E-state index >= 15 is 0 Å². The third-order valence-corrected chi connectivity index (χ3v) is 3.98. The lowest BCUT2D eigenvalue weighted by Gasteiger charge is -2.32. The van der Waals surface area contributed by atoms with Crippen LogP contribution in [0.5, 0.6) is 0 Å². The SMILES string of the molecule is COCCN1CCC(NC(=O)c2ccccc2Cl)CC1. The number of ether oxygens (including phenoxy) is 1. The van der Waals surface area contributed by atoms with E-state index < -0.39 is 0 Å². The smallest absolute Gasteiger partial charge is 0.253 e. The minimum atomic E-state index is -0.0778. The molecule has 1 heterocycles. The molecular weight excluding hydrogens is 276 g/mol. The average Bonchev–Trinajstić information content (AvgIpc) is 2.47. The Hall–Kier alpha value is -1.10. The molecular formula is C15H21ClN2O2. The summed E-state index contributed by atoms with van der Waals surface area (Å²) >= 11 is 6.03. The van der Waals surface area contributed by atoms with Gasteiger partial charge in [-0.15, -0.1) is 0 Å². The molecule has 1 saturated heterocycles. The third-order valence-electron chi connectivity index (χ3n) is 3.65. The number of hydrogen-bond acceptors (Lipinski definition) is 3. The van der Waals surface area contributed by atoms with Crippen molar-refractivity contribution in [2.75, 3.05) is 33.4 Å². The normalized spacial score (nSPS) is 17.1. The van der Waals surface area contributed by atoms with Gasteiger partial charge in [0.15, 0.2) is 0 Å². The van der Waals surface area contributed by atoms with Crippen LogP contribution in [0.25, 0.3) is 0 Å². The van der Waals surface area contributed by atoms with Crippen molar-refractivity contribution in [2.24, 2.45) is 0 Å². The first-order valence-corrected chi connectivity index (χ1v) is 7.35. The largest absolute Gasteiger partial charge is 0.383 e. The Morgan fingerprint density at radius 1 is 1.40 bits per heavy atom. The van der Waals surface area contributed by atoms with Gasteiger partial charge in [0, 0.05) is 32.8 Å². The molecule has 0 unspecified atom stereocenters. The summed E-state index contributed by atoms with van der Waals surface area (Å²) in [4.78, 5) is 14.5. The van der Waals surface area contributed by atoms with Gasteiger partial charge < -0.3 is 15.0 Å². The number of nitrogens with zero attached hydrogens (tertiary/aromatic N) is 1. The number of benzene rings is 1. The molecule has 1 aromatic carbocycles. The molecule has 1 aliphatic heterocycles. The van der Waals surface area contributed by atoms with Crippen LogP contribution >= 0.6 is 11.6 Å². The summed E-state index contributed by atoms with van der Waals surface area (Å²) in [6.45, 7) is 3.71. The summed E-state index contributed by atoms with van der Waals surface area (Å²) in [6, 6.07) is 7.38. The number of carbonyl (C=O) groups is 1. The number of piperidine rings is 1. The number of methoxy groups -OCH3 is 1. The van der Waals surface area contributed by atoms with E-state index in [1.807, 2.05) is 12.1 Å². The number of carbonyl (C=O) groups excluding carboxylic acids is 1. The fourth-order valence-electron chi connectivity index (χ4n) is 2.43. The van der Waals surface area contributed by atoms with E-state index in [2.05, 4.69) is 10.2 Å². The van der Waals surface area contributed by atoms with Crippen molar-refractivity contribution in [1.82, 2.24) is 10.2 Å². The quantitative estimate of drug-likeness (QED) is 0.905. The minimum absolute atomic E-state index is 0.0778. The second-order valence-corrected chi connectivity index (χ2v) is 5.47. The monoisotopic (exact) mass is 296 g/mol. The van der Waals surface area contributed by atoms with Crippen molar-refractivity contribution < 1.29 is 9.53 Å². The van der Waals surface area contributed by atoms with Gasteiger partial charge in [0.2, 0.25) is 0 Å². The van der Waals surface area contributed by atoms with E-state index in [-0.39, 0.29) is 11.9 Å². The molecule has 1 aromatic rings. The van der Waals surface area contributed by atoms with E-state index in [4.69, 9.17) is 16.3 Å². The predicted molar refractivity (Wildman–Crippen MR) is 80.3 cm³/mol. The van der Waals surface area contributed by atoms with Gasteiger partial charge in [-0.2, -0.15) is 0 Å². The maximum atomic E-state index is 12.2. The molecule has 2 rings (SSSR count). The van der Waals surface area contributed by atoms with Crippen molar-refractivity contribution in [3.8, 4) is 0 Å². The van der Waals surface area contributed by atoms with Crippen LogP contribution in [0.2, 0.25) is 5.02 Å². The van der Waals surface area contributed by atoms with Crippen LogP contribution in [0.1, 0.15) is 23.2 Å². The Kier molecular flexibility index (Phi) is 5.83. The van der Waals surface area contributed by atoms with Crippen molar-refractivity contribution in [2.45, 2.75) is 18.9 Å². The zero-order valence-electron chi connectivity index (χ0n) is 11.8. The predicted octanol–water partition coefficient (Wildman–Crippen LogP) is 2.18. The van der Waals surface area contributed by atoms with Gasteiger partial charge in [0.05, 0.1) is 17.2 Å². The van der Waals surface area contributed by atoms with E-state index in [0.29, 0.717) is 10.6 Å². The van der Waals surface area contributed by atoms with Crippen LogP contribution in [0.4, 0.5) is 0 Å². The molecule has 0 bridgehead atoms. The topological polar surface area (TPSA) is 41.6 Å². The summed E-state index contributed by atoms with van der Waals surface area (Å²) < 4.78 is 5.08. The van der Waals surface area contributed by atoms with E-state index in [0.717, 1.165) is 39.1 Å². The summed E-state index contributed by atoms with van der Waals surface area (Å²) in [5.74, 6) is -0.0778. The lowest BCUT2D eigenvalue weighted by atomic mass is 10.0. The number of rotatable bonds is 5. The standard InChI is InChI=1S/C15H21ClN2O2/c1-20-11-10-18-8-6-12(7-9-18)17-15(19)13-4-2-3-5-14(13)16/h2-5,12H,6-11H2,1H3,(H,17,19). The third kappa shape index (κ3) is 4.20. The summed E-state index contributed by atoms with van der Waals surface area (Å²) in [5, 5.41) is 3.57. The van der Waals surface area contributed by atoms with Crippen molar-refractivity contribution in [3.63, 3.8) is 0 Å². The highest BCUT2D eigenvalue weighted by Crippen LogP contribution is 2.16. The molecule has 0 spiro atoms. The highest BCUT2D eigenvalue weighted by Gasteiger charge is 2.21. The molecule has 110 valence electrons. The fourth-order valence-corrected chi connectivity index (χ4v) is 2.65. The van der Waals surface area contributed by atoms with E-state index in [1.165, 1.54) is 0 Å². The molecule has 1 aliphatic rings. The maximum absolute atomic E-state index is 12.2. The maximum Gasteiger partial charge on any atom is 0.253 e. The Morgan fingerprint density at radius 3 is 2.75 bits per heavy atom. The average molecular weight is 297 g/mol. The molecule has 0 atom stereocenters. The molecule has 5 heteroatoms. The van der Waals surface area contributed by atoms with Gasteiger partial charge in [-0.05, 0) is 25.0 Å². The molecule has 0 saturated carbocycles. The molecule has 4 nitrogen and oxygen atoms in total. The zero-order chi connectivity index (χ0) is 14.4. The van der Waals surface area contributed by atoms with Crippen LogP contribution in [0.3, 0.4) is 0 Å². The fraction of sp³-hybridized carbons (Fsp3) is 0.533. The Labute approximate surface area is 125 Å². The molecule has 1 amide bonds. The summed E-state index contributed by atoms with van der Waals surface area (Å²) in [6.07, 6.45) is 1.94. The number of halogens is 1. The number of nitrogens with one attached hydrogen (secondary N) is 1. The first-order chi connectivity index (χ1) is 9.70. The minimum Gasteiger partial charge on any atom is -0.383 e. The number of likely N-dealkylation sites (tertiary alicyclic amines) is 1. The highest BCUT2D eigenvalue weighted by atomic mass is 35.5. The summed E-state index contributed by atoms with van der Waals surface area (Å²) in [5.41, 5.74) is 0.552. The highest BCUT2D eigenvalue weighted by molar-refractivity contribution is 6.33. The van der Waals surface area contributed by atoms with Crippen LogP contribution in [-0.2, 0) is 4.74 Å². The van der Waals surface area contributed by atoms with Crippen LogP contribution in [-0.4, -0.2) is 50.2 Å². The lowest BCUT2D eigenvalue weighted by molar-refractivity contribution is 0.0893. The first-order valence-electron chi connectivity index (χ1n) is 6.97. The van der Waals surface area contributed by atoms with Crippen molar-refractivity contribution >= 4 is 17.5 Å². The van der Waals surface area contributed by atoms with Gasteiger partial charge in [-0.3, -0.25) is 4.79 Å². The van der Waals surface area contributed by atoms with Crippen LogP contribution in [0.15, 0.2) is 24.3 Å². The number of amides is 1. The molecule has 1 fully saturated rings. The van der Waals surface area contributed by atoms with Gasteiger partial charge in [-0.1, -0.05) is 23.7 Å². The molecule has 20 heavy (non-hydrogen) atoms.